The molecule has 1 aliphatic rings. The first-order chi connectivity index (χ1) is 10.1. The van der Waals surface area contributed by atoms with Crippen LogP contribution in [0.15, 0.2) is 41.5 Å². The lowest BCUT2D eigenvalue weighted by atomic mass is 10.1. The number of carbonyl (C=O) groups excluding carboxylic acids is 2. The van der Waals surface area contributed by atoms with E-state index in [-0.39, 0.29) is 5.00 Å². The molecule has 7 nitrogen and oxygen atoms in total. The molecule has 0 radical (unpaired) electrons. The van der Waals surface area contributed by atoms with Crippen molar-refractivity contribution >= 4 is 34.4 Å². The van der Waals surface area contributed by atoms with Crippen molar-refractivity contribution in [3.8, 4) is 0 Å². The number of nitro groups is 1. The van der Waals surface area contributed by atoms with Gasteiger partial charge in [-0.1, -0.05) is 23.5 Å². The molecular weight excluding hydrogens is 294 g/mol. The normalized spacial score (nSPS) is 14.0. The zero-order valence-electron chi connectivity index (χ0n) is 10.4. The summed E-state index contributed by atoms with van der Waals surface area (Å²) in [5.74, 6) is -1.00. The Labute approximate surface area is 122 Å². The molecule has 2 aromatic rings. The van der Waals surface area contributed by atoms with E-state index in [9.17, 15) is 19.7 Å². The van der Waals surface area contributed by atoms with Gasteiger partial charge < -0.3 is 0 Å². The minimum Gasteiger partial charge on any atom is -0.267 e. The molecule has 2 amide bonds. The molecule has 21 heavy (non-hydrogen) atoms. The molecule has 0 bridgehead atoms. The molecule has 3 rings (SSSR count). The van der Waals surface area contributed by atoms with Crippen LogP contribution in [0.5, 0.6) is 0 Å². The molecule has 2 heterocycles. The number of imide groups is 1. The van der Waals surface area contributed by atoms with E-state index in [1.165, 1.54) is 18.3 Å². The highest BCUT2D eigenvalue weighted by atomic mass is 32.1. The number of hydrogen-bond acceptors (Lipinski definition) is 6. The van der Waals surface area contributed by atoms with Gasteiger partial charge in [0.25, 0.3) is 11.8 Å². The number of amides is 2. The second-order valence-electron chi connectivity index (χ2n) is 4.15. The molecule has 104 valence electrons. The van der Waals surface area contributed by atoms with E-state index in [4.69, 9.17) is 0 Å². The summed E-state index contributed by atoms with van der Waals surface area (Å²) in [5.41, 5.74) is 0.605. The molecule has 0 fully saturated rings. The Morgan fingerprint density at radius 1 is 1.10 bits per heavy atom. The van der Waals surface area contributed by atoms with Crippen molar-refractivity contribution in [3.63, 3.8) is 0 Å². The number of hydrazone groups is 1. The number of hydrogen-bond donors (Lipinski definition) is 0. The second kappa shape index (κ2) is 4.91. The first kappa shape index (κ1) is 13.1. The van der Waals surface area contributed by atoms with Crippen LogP contribution in [0.2, 0.25) is 0 Å². The number of carbonyl (C=O) groups is 2. The third kappa shape index (κ3) is 2.21. The fraction of sp³-hybridized carbons (Fsp3) is 0. The maximum Gasteiger partial charge on any atom is 0.324 e. The molecular formula is C13H7N3O4S. The van der Waals surface area contributed by atoms with Crippen molar-refractivity contribution in [2.24, 2.45) is 5.10 Å². The smallest absolute Gasteiger partial charge is 0.267 e. The van der Waals surface area contributed by atoms with E-state index in [0.717, 1.165) is 16.3 Å². The predicted octanol–water partition coefficient (Wildman–Crippen LogP) is 2.29. The number of nitrogens with zero attached hydrogens (tertiary/aromatic N) is 3. The summed E-state index contributed by atoms with van der Waals surface area (Å²) in [6, 6.07) is 9.29. The number of rotatable bonds is 3. The maximum atomic E-state index is 12.0. The Hall–Kier alpha value is -2.87. The third-order valence-electron chi connectivity index (χ3n) is 2.87. The monoisotopic (exact) mass is 301 g/mol. The Bertz CT molecular complexity index is 761. The third-order valence-corrected chi connectivity index (χ3v) is 3.84. The van der Waals surface area contributed by atoms with Gasteiger partial charge in [-0.3, -0.25) is 19.7 Å². The van der Waals surface area contributed by atoms with Gasteiger partial charge >= 0.3 is 5.00 Å². The Morgan fingerprint density at radius 2 is 1.71 bits per heavy atom. The zero-order chi connectivity index (χ0) is 15.0. The summed E-state index contributed by atoms with van der Waals surface area (Å²) in [5, 5.41) is 15.2. The van der Waals surface area contributed by atoms with Crippen LogP contribution in [0.3, 0.4) is 0 Å². The van der Waals surface area contributed by atoms with Crippen LogP contribution in [0, 0.1) is 10.1 Å². The molecule has 1 aromatic heterocycles. The summed E-state index contributed by atoms with van der Waals surface area (Å²) in [6.07, 6.45) is 1.26. The van der Waals surface area contributed by atoms with Crippen LogP contribution >= 0.6 is 11.3 Å². The molecule has 0 aliphatic carbocycles. The van der Waals surface area contributed by atoms with E-state index < -0.39 is 16.7 Å². The molecule has 8 heteroatoms. The van der Waals surface area contributed by atoms with E-state index >= 15 is 0 Å². The maximum absolute atomic E-state index is 12.0. The molecule has 0 N–H and O–H groups in total. The summed E-state index contributed by atoms with van der Waals surface area (Å²) in [4.78, 5) is 34.6. The Balaban J connectivity index is 1.86. The van der Waals surface area contributed by atoms with Crippen molar-refractivity contribution in [1.82, 2.24) is 5.01 Å². The van der Waals surface area contributed by atoms with Gasteiger partial charge in [0.2, 0.25) is 0 Å². The summed E-state index contributed by atoms with van der Waals surface area (Å²) in [7, 11) is 0. The molecule has 0 spiro atoms. The number of benzene rings is 1. The van der Waals surface area contributed by atoms with E-state index in [1.54, 1.807) is 24.3 Å². The van der Waals surface area contributed by atoms with Crippen molar-refractivity contribution in [2.75, 3.05) is 0 Å². The molecule has 0 saturated heterocycles. The number of fused-ring (bicyclic) bond motifs is 1. The molecule has 0 saturated carbocycles. The molecule has 1 aromatic carbocycles. The van der Waals surface area contributed by atoms with Crippen molar-refractivity contribution < 1.29 is 14.5 Å². The fourth-order valence-electron chi connectivity index (χ4n) is 1.91. The fourth-order valence-corrected chi connectivity index (χ4v) is 2.59. The van der Waals surface area contributed by atoms with E-state index in [1.807, 2.05) is 0 Å². The van der Waals surface area contributed by atoms with Crippen molar-refractivity contribution in [3.05, 3.63) is 62.5 Å². The average Bonchev–Trinajstić information content (AvgIpc) is 3.03. The van der Waals surface area contributed by atoms with Gasteiger partial charge in [-0.2, -0.15) is 10.1 Å². The quantitative estimate of drug-likeness (QED) is 0.376. The minimum atomic E-state index is -0.510. The van der Waals surface area contributed by atoms with Gasteiger partial charge in [0, 0.05) is 6.07 Å². The predicted molar refractivity (Wildman–Crippen MR) is 75.5 cm³/mol. The van der Waals surface area contributed by atoms with Gasteiger partial charge in [-0.15, -0.1) is 0 Å². The lowest BCUT2D eigenvalue weighted by molar-refractivity contribution is -0.380. The van der Waals surface area contributed by atoms with Gasteiger partial charge in [0.05, 0.1) is 27.1 Å². The van der Waals surface area contributed by atoms with Crippen LogP contribution in [0.4, 0.5) is 5.00 Å². The van der Waals surface area contributed by atoms with E-state index in [0.29, 0.717) is 16.0 Å². The van der Waals surface area contributed by atoms with Gasteiger partial charge in [-0.05, 0) is 18.2 Å². The standard InChI is InChI=1S/C13H7N3O4S/c17-12-9-3-1-2-4-10(9)13(18)15(12)14-7-8-5-6-11(21-8)16(19)20/h1-7H/b14-7-. The Kier molecular flexibility index (Phi) is 3.07. The zero-order valence-corrected chi connectivity index (χ0v) is 11.2. The topological polar surface area (TPSA) is 92.9 Å². The highest BCUT2D eigenvalue weighted by Crippen LogP contribution is 2.24. The number of thiophene rings is 1. The molecule has 0 atom stereocenters. The van der Waals surface area contributed by atoms with Crippen LogP contribution < -0.4 is 0 Å². The lowest BCUT2D eigenvalue weighted by Crippen LogP contribution is -2.23. The van der Waals surface area contributed by atoms with Crippen LogP contribution in [-0.4, -0.2) is 28.0 Å². The van der Waals surface area contributed by atoms with Gasteiger partial charge in [-0.25, -0.2) is 0 Å². The summed E-state index contributed by atoms with van der Waals surface area (Å²) in [6.45, 7) is 0. The molecule has 0 unspecified atom stereocenters. The Morgan fingerprint density at radius 3 is 2.24 bits per heavy atom. The molecule has 1 aliphatic heterocycles. The van der Waals surface area contributed by atoms with Crippen molar-refractivity contribution in [2.45, 2.75) is 0 Å². The summed E-state index contributed by atoms with van der Waals surface area (Å²) >= 11 is 0.913. The largest absolute Gasteiger partial charge is 0.324 e. The highest BCUT2D eigenvalue weighted by Gasteiger charge is 2.35. The van der Waals surface area contributed by atoms with Gasteiger partial charge in [0.15, 0.2) is 0 Å². The van der Waals surface area contributed by atoms with Crippen LogP contribution in [0.1, 0.15) is 25.6 Å². The average molecular weight is 301 g/mol. The van der Waals surface area contributed by atoms with Gasteiger partial charge in [0.1, 0.15) is 0 Å². The lowest BCUT2D eigenvalue weighted by Gasteiger charge is -2.04. The summed E-state index contributed by atoms with van der Waals surface area (Å²) < 4.78 is 0. The van der Waals surface area contributed by atoms with E-state index in [2.05, 4.69) is 5.10 Å². The highest BCUT2D eigenvalue weighted by molar-refractivity contribution is 7.16. The van der Waals surface area contributed by atoms with Crippen molar-refractivity contribution in [1.29, 1.82) is 0 Å². The van der Waals surface area contributed by atoms with Crippen LogP contribution in [0.25, 0.3) is 0 Å². The first-order valence-electron chi connectivity index (χ1n) is 5.84. The first-order valence-corrected chi connectivity index (χ1v) is 6.65. The minimum absolute atomic E-state index is 0.0289. The van der Waals surface area contributed by atoms with Crippen LogP contribution in [-0.2, 0) is 0 Å². The SMILES string of the molecule is O=C1c2ccccc2C(=O)N1/N=C\c1ccc([N+](=O)[O-])s1. The second-order valence-corrected chi connectivity index (χ2v) is 5.24.